The molecule has 9 heteroatoms. The fourth-order valence-electron chi connectivity index (χ4n) is 1.60. The number of sulfonamides is 1. The Balaban J connectivity index is 2.34. The summed E-state index contributed by atoms with van der Waals surface area (Å²) in [6.45, 7) is 0. The third-order valence-electron chi connectivity index (χ3n) is 2.70. The van der Waals surface area contributed by atoms with Gasteiger partial charge >= 0.3 is 0 Å². The molecule has 0 saturated heterocycles. The summed E-state index contributed by atoms with van der Waals surface area (Å²) in [5.41, 5.74) is 5.79. The molecule has 0 atom stereocenters. The number of non-ortho nitro benzene ring substituents is 1. The van der Waals surface area contributed by atoms with E-state index < -0.39 is 14.9 Å². The number of hydrogen-bond donors (Lipinski definition) is 1. The first-order valence-electron chi connectivity index (χ1n) is 5.90. The first-order valence-corrected chi connectivity index (χ1v) is 7.72. The largest absolute Gasteiger partial charge is 0.383 e. The van der Waals surface area contributed by atoms with Crippen LogP contribution in [0.4, 0.5) is 5.69 Å². The standard InChI is InChI=1S/C13H10ClN3O4S/c14-10-3-7-12(8-4-10)22(20,21)16-13(15)9-1-5-11(6-2-9)17(18)19/h1-8H,(H2,15,16). The van der Waals surface area contributed by atoms with Gasteiger partial charge in [0.1, 0.15) is 5.84 Å². The van der Waals surface area contributed by atoms with Crippen LogP contribution >= 0.6 is 11.6 Å². The Kier molecular flexibility index (Phi) is 4.43. The highest BCUT2D eigenvalue weighted by Crippen LogP contribution is 2.17. The quantitative estimate of drug-likeness (QED) is 0.397. The molecule has 0 aliphatic heterocycles. The number of nitro groups is 1. The van der Waals surface area contributed by atoms with Crippen LogP contribution in [-0.4, -0.2) is 19.2 Å². The Morgan fingerprint density at radius 3 is 2.14 bits per heavy atom. The monoisotopic (exact) mass is 339 g/mol. The smallest absolute Gasteiger partial charge is 0.284 e. The van der Waals surface area contributed by atoms with E-state index in [0.29, 0.717) is 5.02 Å². The molecule has 0 spiro atoms. The normalized spacial score (nSPS) is 12.1. The summed E-state index contributed by atoms with van der Waals surface area (Å²) in [6.07, 6.45) is 0. The van der Waals surface area contributed by atoms with Crippen LogP contribution in [0.15, 0.2) is 57.8 Å². The van der Waals surface area contributed by atoms with Gasteiger partial charge in [0.2, 0.25) is 0 Å². The van der Waals surface area contributed by atoms with Crippen LogP contribution < -0.4 is 5.73 Å². The predicted octanol–water partition coefficient (Wildman–Crippen LogP) is 2.34. The van der Waals surface area contributed by atoms with Gasteiger partial charge in [-0.1, -0.05) is 11.6 Å². The van der Waals surface area contributed by atoms with E-state index in [9.17, 15) is 18.5 Å². The minimum Gasteiger partial charge on any atom is -0.383 e. The van der Waals surface area contributed by atoms with Crippen LogP contribution in [0.25, 0.3) is 0 Å². The van der Waals surface area contributed by atoms with Crippen LogP contribution in [0.1, 0.15) is 5.56 Å². The first-order chi connectivity index (χ1) is 10.3. The van der Waals surface area contributed by atoms with Crippen LogP contribution in [0.2, 0.25) is 5.02 Å². The summed E-state index contributed by atoms with van der Waals surface area (Å²) in [4.78, 5) is 9.94. The van der Waals surface area contributed by atoms with Crippen LogP contribution in [0.3, 0.4) is 0 Å². The minimum atomic E-state index is -3.98. The molecule has 22 heavy (non-hydrogen) atoms. The summed E-state index contributed by atoms with van der Waals surface area (Å²) in [6, 6.07) is 10.6. The highest BCUT2D eigenvalue weighted by molar-refractivity contribution is 7.90. The van der Waals surface area contributed by atoms with Crippen molar-refractivity contribution < 1.29 is 13.3 Å². The third kappa shape index (κ3) is 3.60. The number of nitrogens with zero attached hydrogens (tertiary/aromatic N) is 2. The second-order valence-electron chi connectivity index (χ2n) is 4.21. The van der Waals surface area contributed by atoms with Gasteiger partial charge in [-0.2, -0.15) is 8.42 Å². The summed E-state index contributed by atoms with van der Waals surface area (Å²) >= 11 is 5.69. The molecule has 0 radical (unpaired) electrons. The zero-order chi connectivity index (χ0) is 16.3. The minimum absolute atomic E-state index is 0.0539. The van der Waals surface area contributed by atoms with Crippen LogP contribution in [-0.2, 0) is 10.0 Å². The van der Waals surface area contributed by atoms with Crippen molar-refractivity contribution in [2.45, 2.75) is 4.90 Å². The van der Waals surface area contributed by atoms with Gasteiger partial charge in [0.25, 0.3) is 15.7 Å². The van der Waals surface area contributed by atoms with E-state index >= 15 is 0 Å². The number of rotatable bonds is 4. The number of nitrogens with two attached hydrogens (primary N) is 1. The Morgan fingerprint density at radius 1 is 1.09 bits per heavy atom. The second kappa shape index (κ2) is 6.12. The van der Waals surface area contributed by atoms with Crippen LogP contribution in [0, 0.1) is 10.1 Å². The van der Waals surface area contributed by atoms with Crippen molar-refractivity contribution in [3.63, 3.8) is 0 Å². The molecule has 2 aromatic carbocycles. The molecule has 0 heterocycles. The molecular formula is C13H10ClN3O4S. The zero-order valence-corrected chi connectivity index (χ0v) is 12.6. The number of halogens is 1. The van der Waals surface area contributed by atoms with Gasteiger partial charge in [0.15, 0.2) is 0 Å². The molecule has 2 N–H and O–H groups in total. The Hall–Kier alpha value is -2.45. The molecule has 0 amide bonds. The van der Waals surface area contributed by atoms with E-state index in [1.54, 1.807) is 0 Å². The summed E-state index contributed by atoms with van der Waals surface area (Å²) in [5, 5.41) is 11.0. The number of hydrogen-bond acceptors (Lipinski definition) is 4. The van der Waals surface area contributed by atoms with Crippen molar-refractivity contribution in [1.29, 1.82) is 0 Å². The number of amidine groups is 1. The topological polar surface area (TPSA) is 116 Å². The molecule has 0 aliphatic carbocycles. The van der Waals surface area contributed by atoms with Gasteiger partial charge in [-0.05, 0) is 36.4 Å². The van der Waals surface area contributed by atoms with Crippen LogP contribution in [0.5, 0.6) is 0 Å². The highest BCUT2D eigenvalue weighted by atomic mass is 35.5. The summed E-state index contributed by atoms with van der Waals surface area (Å²) in [5.74, 6) is -0.259. The van der Waals surface area contributed by atoms with E-state index in [0.717, 1.165) is 0 Å². The van der Waals surface area contributed by atoms with Gasteiger partial charge in [0, 0.05) is 22.7 Å². The zero-order valence-electron chi connectivity index (χ0n) is 11.0. The Morgan fingerprint density at radius 2 is 1.64 bits per heavy atom. The lowest BCUT2D eigenvalue weighted by atomic mass is 10.2. The highest BCUT2D eigenvalue weighted by Gasteiger charge is 2.14. The maximum Gasteiger partial charge on any atom is 0.284 e. The molecule has 0 aliphatic rings. The van der Waals surface area contributed by atoms with Crippen molar-refractivity contribution in [1.82, 2.24) is 0 Å². The van der Waals surface area contributed by atoms with Gasteiger partial charge in [-0.15, -0.1) is 4.40 Å². The average Bonchev–Trinajstić information content (AvgIpc) is 2.47. The van der Waals surface area contributed by atoms with Crippen molar-refractivity contribution in [2.24, 2.45) is 10.1 Å². The van der Waals surface area contributed by atoms with E-state index in [1.807, 2.05) is 0 Å². The third-order valence-corrected chi connectivity index (χ3v) is 4.26. The predicted molar refractivity (Wildman–Crippen MR) is 82.5 cm³/mol. The maximum atomic E-state index is 12.1. The fraction of sp³-hybridized carbons (Fsp3) is 0. The van der Waals surface area contributed by atoms with Gasteiger partial charge < -0.3 is 5.73 Å². The Labute approximate surface area is 131 Å². The molecule has 7 nitrogen and oxygen atoms in total. The van der Waals surface area contributed by atoms with Gasteiger partial charge in [-0.25, -0.2) is 0 Å². The lowest BCUT2D eigenvalue weighted by Crippen LogP contribution is -2.16. The summed E-state index contributed by atoms with van der Waals surface area (Å²) in [7, 11) is -3.98. The molecule has 2 aromatic rings. The van der Waals surface area contributed by atoms with E-state index in [1.165, 1.54) is 48.5 Å². The molecule has 2 rings (SSSR count). The molecule has 0 bridgehead atoms. The molecule has 0 unspecified atom stereocenters. The molecule has 0 aromatic heterocycles. The molecule has 114 valence electrons. The number of nitro benzene ring substituents is 1. The lowest BCUT2D eigenvalue weighted by molar-refractivity contribution is -0.384. The van der Waals surface area contributed by atoms with Crippen molar-refractivity contribution in [3.8, 4) is 0 Å². The maximum absolute atomic E-state index is 12.1. The first kappa shape index (κ1) is 15.9. The van der Waals surface area contributed by atoms with Crippen molar-refractivity contribution >= 4 is 33.1 Å². The SMILES string of the molecule is NC(=NS(=O)(=O)c1ccc(Cl)cc1)c1ccc([N+](=O)[O-])cc1. The van der Waals surface area contributed by atoms with E-state index in [-0.39, 0.29) is 22.0 Å². The Bertz CT molecular complexity index is 831. The molecule has 0 fully saturated rings. The summed E-state index contributed by atoms with van der Waals surface area (Å²) < 4.78 is 27.7. The lowest BCUT2D eigenvalue weighted by Gasteiger charge is -2.02. The van der Waals surface area contributed by atoms with Crippen molar-refractivity contribution in [2.75, 3.05) is 0 Å². The number of benzene rings is 2. The van der Waals surface area contributed by atoms with E-state index in [2.05, 4.69) is 4.40 Å². The average molecular weight is 340 g/mol. The van der Waals surface area contributed by atoms with Crippen molar-refractivity contribution in [3.05, 3.63) is 69.2 Å². The molecule has 0 saturated carbocycles. The van der Waals surface area contributed by atoms with Gasteiger partial charge in [-0.3, -0.25) is 10.1 Å². The second-order valence-corrected chi connectivity index (χ2v) is 6.25. The fourth-order valence-corrected chi connectivity index (χ4v) is 2.67. The molecular weight excluding hydrogens is 330 g/mol. The van der Waals surface area contributed by atoms with Gasteiger partial charge in [0.05, 0.1) is 9.82 Å². The van der Waals surface area contributed by atoms with E-state index in [4.69, 9.17) is 17.3 Å².